The molecule has 1 N–H and O–H groups in total. The average Bonchev–Trinajstić information content (AvgIpc) is 3.01. The molecule has 30 heavy (non-hydrogen) atoms. The van der Waals surface area contributed by atoms with Crippen LogP contribution in [-0.2, 0) is 9.47 Å². The number of benzene rings is 1. The Morgan fingerprint density at radius 1 is 1.20 bits per heavy atom. The summed E-state index contributed by atoms with van der Waals surface area (Å²) >= 11 is 0. The summed E-state index contributed by atoms with van der Waals surface area (Å²) < 4.78 is 39.8. The van der Waals surface area contributed by atoms with Gasteiger partial charge in [-0.1, -0.05) is 0 Å². The second-order valence-corrected chi connectivity index (χ2v) is 8.03. The third kappa shape index (κ3) is 5.74. The van der Waals surface area contributed by atoms with Crippen LogP contribution in [0.25, 0.3) is 5.73 Å². The summed E-state index contributed by atoms with van der Waals surface area (Å²) in [7, 11) is 0. The summed E-state index contributed by atoms with van der Waals surface area (Å²) in [6.07, 6.45) is -1.79. The molecule has 1 aromatic carbocycles. The van der Waals surface area contributed by atoms with Crippen LogP contribution < -0.4 is 9.80 Å². The number of amides is 2. The Labute approximate surface area is 210 Å². The van der Waals surface area contributed by atoms with Gasteiger partial charge in [0.05, 0.1) is 12.2 Å². The number of nitrogens with zero attached hydrogens (tertiary/aromatic N) is 3. The molecule has 2 aliphatic rings. The number of rotatable bonds is 3. The second-order valence-electron chi connectivity index (χ2n) is 8.03. The first kappa shape index (κ1) is 25.1. The van der Waals surface area contributed by atoms with Gasteiger partial charge >= 0.3 is 12.2 Å². The van der Waals surface area contributed by atoms with Gasteiger partial charge < -0.3 is 25.0 Å². The summed E-state index contributed by atoms with van der Waals surface area (Å²) in [5.41, 5.74) is 6.54. The van der Waals surface area contributed by atoms with E-state index in [1.165, 1.54) is 9.80 Å². The molecule has 1 radical (unpaired) electrons. The van der Waals surface area contributed by atoms with Crippen molar-refractivity contribution in [2.75, 3.05) is 49.1 Å². The van der Waals surface area contributed by atoms with Crippen LogP contribution in [0.3, 0.4) is 0 Å². The monoisotopic (exact) mass is 638 g/mol. The zero-order valence-corrected chi connectivity index (χ0v) is 22.0. The molecule has 1 aromatic rings. The third-order valence-electron chi connectivity index (χ3n) is 4.66. The van der Waals surface area contributed by atoms with Crippen LogP contribution in [-0.4, -0.2) is 68.1 Å². The van der Waals surface area contributed by atoms with E-state index in [1.54, 1.807) is 20.8 Å². The van der Waals surface area contributed by atoms with E-state index >= 15 is 0 Å². The standard InChI is InChI=1S/C19H25F2N4O4.Ac/c1-19(2,3)29-17(26)24-6-4-23(5-7-24)16-14(20)8-12(9-15(16)21)25-11-13(10-22)28-18(25)27;/h8-9,13,22H,4-7,10-11H2,1-3H3;/q-1;. The summed E-state index contributed by atoms with van der Waals surface area (Å²) in [6.45, 7) is 6.33. The molecule has 2 aliphatic heterocycles. The van der Waals surface area contributed by atoms with Crippen molar-refractivity contribution in [1.82, 2.24) is 4.90 Å². The molecule has 3 rings (SSSR count). The van der Waals surface area contributed by atoms with Gasteiger partial charge in [0.15, 0.2) is 11.6 Å². The fourth-order valence-corrected chi connectivity index (χ4v) is 3.29. The number of hydrogen-bond donors (Lipinski definition) is 0. The predicted molar refractivity (Wildman–Crippen MR) is 103 cm³/mol. The topological polar surface area (TPSA) is 86.1 Å². The smallest absolute Gasteiger partial charge is 0.414 e. The molecule has 0 aromatic heterocycles. The van der Waals surface area contributed by atoms with E-state index in [0.717, 1.165) is 17.0 Å². The maximum atomic E-state index is 14.7. The van der Waals surface area contributed by atoms with Gasteiger partial charge in [-0.15, -0.1) is 6.54 Å². The molecule has 1 atom stereocenters. The van der Waals surface area contributed by atoms with E-state index < -0.39 is 35.5 Å². The number of carbonyl (C=O) groups excluding carboxylic acids is 2. The largest absolute Gasteiger partial charge is 0.674 e. The van der Waals surface area contributed by atoms with Crippen LogP contribution in [0.2, 0.25) is 0 Å². The Morgan fingerprint density at radius 2 is 1.77 bits per heavy atom. The van der Waals surface area contributed by atoms with Crippen molar-refractivity contribution in [3.8, 4) is 0 Å². The molecule has 1 unspecified atom stereocenters. The van der Waals surface area contributed by atoms with Gasteiger partial charge in [0, 0.05) is 82.4 Å². The molecule has 2 fully saturated rings. The van der Waals surface area contributed by atoms with Gasteiger partial charge in [0.25, 0.3) is 0 Å². The fourth-order valence-electron chi connectivity index (χ4n) is 3.29. The minimum absolute atomic E-state index is 0. The van der Waals surface area contributed by atoms with E-state index in [2.05, 4.69) is 0 Å². The Morgan fingerprint density at radius 3 is 2.23 bits per heavy atom. The second kappa shape index (κ2) is 9.96. The van der Waals surface area contributed by atoms with Gasteiger partial charge in [0.2, 0.25) is 0 Å². The quantitative estimate of drug-likeness (QED) is 0.507. The van der Waals surface area contributed by atoms with Crippen LogP contribution in [0.4, 0.5) is 29.7 Å². The number of nitrogens with one attached hydrogen (secondary N) is 1. The first-order valence-corrected chi connectivity index (χ1v) is 9.43. The van der Waals surface area contributed by atoms with Gasteiger partial charge in [0.1, 0.15) is 17.4 Å². The molecule has 0 spiro atoms. The first-order valence-electron chi connectivity index (χ1n) is 9.43. The summed E-state index contributed by atoms with van der Waals surface area (Å²) in [4.78, 5) is 28.2. The SMILES string of the molecule is CC(C)(C)OC(=O)N1CCN(c2c(F)cc(N3CC(C[NH-])OC3=O)cc2F)CC1.[Ac]. The van der Waals surface area contributed by atoms with E-state index in [1.807, 2.05) is 0 Å². The fraction of sp³-hybridized carbons (Fsp3) is 0.579. The van der Waals surface area contributed by atoms with Gasteiger partial charge in [-0.2, -0.15) is 0 Å². The third-order valence-corrected chi connectivity index (χ3v) is 4.66. The summed E-state index contributed by atoms with van der Waals surface area (Å²) in [6, 6.07) is 2.18. The molecule has 0 saturated carbocycles. The molecule has 8 nitrogen and oxygen atoms in total. The number of piperazine rings is 1. The van der Waals surface area contributed by atoms with Gasteiger partial charge in [-0.05, 0) is 20.8 Å². The molecule has 2 heterocycles. The number of carbonyl (C=O) groups is 2. The minimum Gasteiger partial charge on any atom is -0.674 e. The maximum Gasteiger partial charge on any atom is 0.414 e. The van der Waals surface area contributed by atoms with Gasteiger partial charge in [-0.3, -0.25) is 4.90 Å². The Hall–Kier alpha value is -1.18. The normalized spacial score (nSPS) is 19.5. The predicted octanol–water partition coefficient (Wildman–Crippen LogP) is 3.40. The first-order chi connectivity index (χ1) is 13.6. The molecule has 0 bridgehead atoms. The zero-order chi connectivity index (χ0) is 21.3. The van der Waals surface area contributed by atoms with Crippen molar-refractivity contribution in [2.24, 2.45) is 0 Å². The van der Waals surface area contributed by atoms with Crippen molar-refractivity contribution in [2.45, 2.75) is 32.5 Å². The maximum absolute atomic E-state index is 14.7. The number of cyclic esters (lactones) is 1. The molecular formula is C19H25AcF2N4O4-. The number of halogens is 2. The molecular weight excluding hydrogens is 613 g/mol. The van der Waals surface area contributed by atoms with Crippen molar-refractivity contribution in [3.05, 3.63) is 29.5 Å². The zero-order valence-electron chi connectivity index (χ0n) is 17.3. The number of anilines is 2. The molecule has 0 aliphatic carbocycles. The Bertz CT molecular complexity index is 774. The summed E-state index contributed by atoms with van der Waals surface area (Å²) in [5, 5.41) is 0. The van der Waals surface area contributed by atoms with Crippen molar-refractivity contribution in [3.63, 3.8) is 0 Å². The van der Waals surface area contributed by atoms with E-state index in [4.69, 9.17) is 15.2 Å². The van der Waals surface area contributed by atoms with Crippen molar-refractivity contribution >= 4 is 23.6 Å². The van der Waals surface area contributed by atoms with Crippen LogP contribution in [0.5, 0.6) is 0 Å². The van der Waals surface area contributed by atoms with E-state index in [0.29, 0.717) is 0 Å². The summed E-state index contributed by atoms with van der Waals surface area (Å²) in [5.74, 6) is -1.60. The van der Waals surface area contributed by atoms with Crippen LogP contribution in [0.1, 0.15) is 20.8 Å². The molecule has 2 saturated heterocycles. The van der Waals surface area contributed by atoms with Gasteiger partial charge in [-0.25, -0.2) is 18.4 Å². The van der Waals surface area contributed by atoms with Crippen molar-refractivity contribution in [1.29, 1.82) is 0 Å². The minimum atomic E-state index is -0.798. The van der Waals surface area contributed by atoms with E-state index in [9.17, 15) is 18.4 Å². The van der Waals surface area contributed by atoms with Crippen LogP contribution >= 0.6 is 0 Å². The van der Waals surface area contributed by atoms with Crippen LogP contribution in [0.15, 0.2) is 12.1 Å². The molecule has 11 heteroatoms. The average molecular weight is 638 g/mol. The molecule has 2 amide bonds. The van der Waals surface area contributed by atoms with Crippen molar-refractivity contribution < 1.29 is 71.9 Å². The molecule has 163 valence electrons. The van der Waals surface area contributed by atoms with E-state index in [-0.39, 0.29) is 94.7 Å². The Balaban J connectivity index is 0.00000320. The Kier molecular flexibility index (Phi) is 8.33. The van der Waals surface area contributed by atoms with Crippen LogP contribution in [0, 0.1) is 55.7 Å². The number of ether oxygens (including phenoxy) is 2. The number of hydrogen-bond acceptors (Lipinski definition) is 5.